The van der Waals surface area contributed by atoms with Gasteiger partial charge < -0.3 is 14.2 Å². The largest absolute Gasteiger partial charge is 0.370 e. The molecule has 0 N–H and O–H groups in total. The van der Waals surface area contributed by atoms with Gasteiger partial charge in [0.25, 0.3) is 0 Å². The molecule has 4 heterocycles. The maximum absolute atomic E-state index is 12.8. The van der Waals surface area contributed by atoms with Gasteiger partial charge in [0.15, 0.2) is 5.65 Å². The molecule has 0 bridgehead atoms. The highest BCUT2D eigenvalue weighted by Gasteiger charge is 2.31. The topological polar surface area (TPSA) is 60.2 Å². The molecule has 1 unspecified atom stereocenters. The van der Waals surface area contributed by atoms with Crippen LogP contribution in [0.25, 0.3) is 11.2 Å². The molecule has 2 saturated heterocycles. The number of benzene rings is 1. The molecule has 2 aromatic heterocycles. The van der Waals surface area contributed by atoms with Crippen molar-refractivity contribution in [2.45, 2.75) is 44.2 Å². The number of nitrogens with zero attached hydrogens (tertiary/aromatic N) is 4. The normalized spacial score (nSPS) is 20.2. The van der Waals surface area contributed by atoms with Gasteiger partial charge in [-0.3, -0.25) is 4.79 Å². The minimum atomic E-state index is 0.0408. The third-order valence-electron chi connectivity index (χ3n) is 6.18. The Morgan fingerprint density at radius 3 is 2.73 bits per heavy atom. The lowest BCUT2D eigenvalue weighted by atomic mass is 10.0. The number of aromatic nitrogens is 3. The summed E-state index contributed by atoms with van der Waals surface area (Å²) in [7, 11) is 0. The Morgan fingerprint density at radius 2 is 1.97 bits per heavy atom. The maximum atomic E-state index is 12.8. The lowest BCUT2D eigenvalue weighted by molar-refractivity contribution is -0.131. The Hall–Kier alpha value is -2.44. The van der Waals surface area contributed by atoms with Crippen LogP contribution in [-0.2, 0) is 16.0 Å². The van der Waals surface area contributed by atoms with Gasteiger partial charge in [-0.05, 0) is 49.4 Å². The zero-order valence-corrected chi connectivity index (χ0v) is 17.6. The highest BCUT2D eigenvalue weighted by atomic mass is 35.5. The number of carbonyl (C=O) groups excluding carboxylic acids is 1. The van der Waals surface area contributed by atoms with Gasteiger partial charge >= 0.3 is 0 Å². The minimum Gasteiger partial charge on any atom is -0.370 e. The fraction of sp³-hybridized carbons (Fsp3) is 0.435. The van der Waals surface area contributed by atoms with E-state index in [1.165, 1.54) is 0 Å². The quantitative estimate of drug-likeness (QED) is 0.625. The second-order valence-corrected chi connectivity index (χ2v) is 8.48. The van der Waals surface area contributed by atoms with Crippen molar-refractivity contribution < 1.29 is 9.53 Å². The van der Waals surface area contributed by atoms with Crippen molar-refractivity contribution in [2.24, 2.45) is 0 Å². The van der Waals surface area contributed by atoms with Crippen LogP contribution in [0.2, 0.25) is 5.02 Å². The molecule has 1 atom stereocenters. The van der Waals surface area contributed by atoms with Gasteiger partial charge in [-0.25, -0.2) is 9.97 Å². The van der Waals surface area contributed by atoms with Gasteiger partial charge in [0.2, 0.25) is 5.91 Å². The summed E-state index contributed by atoms with van der Waals surface area (Å²) in [5, 5.41) is 0.651. The Bertz CT molecular complexity index is 1050. The second-order valence-electron chi connectivity index (χ2n) is 8.07. The zero-order chi connectivity index (χ0) is 20.5. The Morgan fingerprint density at radius 1 is 1.13 bits per heavy atom. The number of hydrogen-bond acceptors (Lipinski definition) is 4. The van der Waals surface area contributed by atoms with Gasteiger partial charge in [0.1, 0.15) is 17.4 Å². The van der Waals surface area contributed by atoms with Gasteiger partial charge in [-0.2, -0.15) is 0 Å². The number of rotatable bonds is 4. The number of halogens is 1. The first-order valence-electron chi connectivity index (χ1n) is 10.7. The Kier molecular flexibility index (Phi) is 5.44. The van der Waals surface area contributed by atoms with E-state index in [0.717, 1.165) is 67.9 Å². The first kappa shape index (κ1) is 19.5. The molecular formula is C23H25ClN4O2. The van der Waals surface area contributed by atoms with Crippen LogP contribution in [0, 0.1) is 0 Å². The highest BCUT2D eigenvalue weighted by Crippen LogP contribution is 2.35. The number of carbonyl (C=O) groups is 1. The standard InChI is InChI=1S/C23H25ClN4O2/c24-18-6-2-1-5-16(18)15-21(29)27-12-9-17(10-13-27)28-22-19(7-3-11-25-22)26-23(28)20-8-4-14-30-20/h1-3,5-7,11,17,20H,4,8-10,12-15H2. The summed E-state index contributed by atoms with van der Waals surface area (Å²) < 4.78 is 8.23. The lowest BCUT2D eigenvalue weighted by Gasteiger charge is -2.34. The lowest BCUT2D eigenvalue weighted by Crippen LogP contribution is -2.40. The van der Waals surface area contributed by atoms with Crippen molar-refractivity contribution in [3.63, 3.8) is 0 Å². The van der Waals surface area contributed by atoms with E-state index in [2.05, 4.69) is 9.55 Å². The molecule has 1 aromatic carbocycles. The van der Waals surface area contributed by atoms with Crippen molar-refractivity contribution in [1.82, 2.24) is 19.4 Å². The molecule has 3 aromatic rings. The molecule has 1 amide bonds. The third kappa shape index (κ3) is 3.70. The third-order valence-corrected chi connectivity index (χ3v) is 6.54. The van der Waals surface area contributed by atoms with Crippen LogP contribution in [0.5, 0.6) is 0 Å². The molecule has 0 spiro atoms. The van der Waals surface area contributed by atoms with Gasteiger partial charge in [0, 0.05) is 37.0 Å². The first-order valence-corrected chi connectivity index (χ1v) is 11.0. The molecule has 6 nitrogen and oxygen atoms in total. The first-order chi connectivity index (χ1) is 14.7. The molecule has 30 heavy (non-hydrogen) atoms. The molecule has 0 radical (unpaired) electrons. The predicted octanol–water partition coefficient (Wildman–Crippen LogP) is 4.34. The van der Waals surface area contributed by atoms with E-state index >= 15 is 0 Å². The van der Waals surface area contributed by atoms with Crippen LogP contribution < -0.4 is 0 Å². The van der Waals surface area contributed by atoms with E-state index in [1.54, 1.807) is 0 Å². The molecule has 2 aliphatic heterocycles. The molecule has 2 aliphatic rings. The minimum absolute atomic E-state index is 0.0408. The summed E-state index contributed by atoms with van der Waals surface area (Å²) in [5.74, 6) is 1.12. The number of piperidine rings is 1. The van der Waals surface area contributed by atoms with E-state index in [1.807, 2.05) is 47.5 Å². The molecule has 156 valence electrons. The summed E-state index contributed by atoms with van der Waals surface area (Å²) >= 11 is 6.23. The van der Waals surface area contributed by atoms with Crippen LogP contribution >= 0.6 is 11.6 Å². The summed E-state index contributed by atoms with van der Waals surface area (Å²) in [6.45, 7) is 2.24. The van der Waals surface area contributed by atoms with Gasteiger partial charge in [0.05, 0.1) is 6.42 Å². The van der Waals surface area contributed by atoms with E-state index in [-0.39, 0.29) is 18.1 Å². The van der Waals surface area contributed by atoms with Crippen LogP contribution in [0.1, 0.15) is 49.2 Å². The Balaban J connectivity index is 1.33. The maximum Gasteiger partial charge on any atom is 0.227 e. The van der Waals surface area contributed by atoms with Crippen molar-refractivity contribution in [2.75, 3.05) is 19.7 Å². The highest BCUT2D eigenvalue weighted by molar-refractivity contribution is 6.31. The fourth-order valence-corrected chi connectivity index (χ4v) is 4.81. The van der Waals surface area contributed by atoms with E-state index < -0.39 is 0 Å². The van der Waals surface area contributed by atoms with Crippen LogP contribution in [-0.4, -0.2) is 45.0 Å². The number of ether oxygens (including phenoxy) is 1. The van der Waals surface area contributed by atoms with E-state index in [0.29, 0.717) is 11.4 Å². The van der Waals surface area contributed by atoms with Crippen LogP contribution in [0.3, 0.4) is 0 Å². The second kappa shape index (κ2) is 8.36. The summed E-state index contributed by atoms with van der Waals surface area (Å²) in [4.78, 5) is 24.3. The monoisotopic (exact) mass is 424 g/mol. The molecular weight excluding hydrogens is 400 g/mol. The van der Waals surface area contributed by atoms with Crippen molar-refractivity contribution >= 4 is 28.7 Å². The molecule has 0 aliphatic carbocycles. The average Bonchev–Trinajstić information content (AvgIpc) is 3.43. The Labute approximate surface area is 180 Å². The van der Waals surface area contributed by atoms with E-state index in [4.69, 9.17) is 21.3 Å². The SMILES string of the molecule is O=C(Cc1ccccc1Cl)N1CCC(n2c(C3CCCO3)nc3cccnc32)CC1. The van der Waals surface area contributed by atoms with Crippen molar-refractivity contribution in [3.05, 3.63) is 59.0 Å². The summed E-state index contributed by atoms with van der Waals surface area (Å²) in [6.07, 6.45) is 6.04. The zero-order valence-electron chi connectivity index (χ0n) is 16.8. The summed E-state index contributed by atoms with van der Waals surface area (Å²) in [5.41, 5.74) is 2.72. The summed E-state index contributed by atoms with van der Waals surface area (Å²) in [6, 6.07) is 11.8. The fourth-order valence-electron chi connectivity index (χ4n) is 4.61. The number of amides is 1. The molecule has 7 heteroatoms. The number of fused-ring (bicyclic) bond motifs is 1. The van der Waals surface area contributed by atoms with Crippen LogP contribution in [0.4, 0.5) is 0 Å². The number of likely N-dealkylation sites (tertiary alicyclic amines) is 1. The van der Waals surface area contributed by atoms with Gasteiger partial charge in [-0.15, -0.1) is 0 Å². The van der Waals surface area contributed by atoms with Gasteiger partial charge in [-0.1, -0.05) is 29.8 Å². The number of pyridine rings is 1. The molecule has 5 rings (SSSR count). The van der Waals surface area contributed by atoms with Crippen molar-refractivity contribution in [3.8, 4) is 0 Å². The average molecular weight is 425 g/mol. The number of imidazole rings is 1. The molecule has 2 fully saturated rings. The smallest absolute Gasteiger partial charge is 0.227 e. The number of hydrogen-bond donors (Lipinski definition) is 0. The van der Waals surface area contributed by atoms with Crippen molar-refractivity contribution in [1.29, 1.82) is 0 Å². The van der Waals surface area contributed by atoms with Crippen LogP contribution in [0.15, 0.2) is 42.6 Å². The predicted molar refractivity (Wildman–Crippen MR) is 115 cm³/mol. The molecule has 0 saturated carbocycles. The van der Waals surface area contributed by atoms with E-state index in [9.17, 15) is 4.79 Å².